The molecule has 1 heterocycles. The fraction of sp³-hybridized carbons (Fsp3) is 0.471. The van der Waals surface area contributed by atoms with Gasteiger partial charge in [0.1, 0.15) is 5.75 Å². The molecule has 3 atom stereocenters. The van der Waals surface area contributed by atoms with E-state index in [0.717, 1.165) is 29.1 Å². The number of aromatic amines is 1. The maximum atomic E-state index is 10.1. The van der Waals surface area contributed by atoms with E-state index in [1.807, 2.05) is 37.4 Å². The third kappa shape index (κ3) is 3.55. The van der Waals surface area contributed by atoms with Crippen LogP contribution in [0.2, 0.25) is 0 Å². The highest BCUT2D eigenvalue weighted by molar-refractivity contribution is 5.61. The Bertz CT molecular complexity index is 658. The van der Waals surface area contributed by atoms with Crippen LogP contribution in [0.1, 0.15) is 18.5 Å². The molecule has 0 amide bonds. The lowest BCUT2D eigenvalue weighted by Gasteiger charge is -2.26. The molecule has 0 saturated heterocycles. The molecular weight excluding hydrogens is 292 g/mol. The second-order valence-electron chi connectivity index (χ2n) is 6.29. The smallest absolute Gasteiger partial charge is 0.119 e. The van der Waals surface area contributed by atoms with Crippen molar-refractivity contribution in [1.82, 2.24) is 15.1 Å². The summed E-state index contributed by atoms with van der Waals surface area (Å²) in [5.74, 6) is 0.812. The second-order valence-corrected chi connectivity index (χ2v) is 6.29. The van der Waals surface area contributed by atoms with Crippen LogP contribution < -0.4 is 10.5 Å². The Kier molecular flexibility index (Phi) is 4.66. The third-order valence-corrected chi connectivity index (χ3v) is 4.51. The van der Waals surface area contributed by atoms with E-state index in [1.165, 1.54) is 0 Å². The summed E-state index contributed by atoms with van der Waals surface area (Å²) >= 11 is 0. The molecule has 1 aliphatic carbocycles. The van der Waals surface area contributed by atoms with Gasteiger partial charge in [0, 0.05) is 29.9 Å². The lowest BCUT2D eigenvalue weighted by molar-refractivity contribution is 0.0818. The average Bonchev–Trinajstić information content (AvgIpc) is 3.13. The molecule has 0 spiro atoms. The van der Waals surface area contributed by atoms with Crippen LogP contribution in [0.25, 0.3) is 11.3 Å². The number of aliphatic hydroxyl groups excluding tert-OH is 1. The summed E-state index contributed by atoms with van der Waals surface area (Å²) in [7, 11) is 3.67. The van der Waals surface area contributed by atoms with E-state index in [1.54, 1.807) is 7.11 Å². The molecule has 3 rings (SSSR count). The first-order valence-electron chi connectivity index (χ1n) is 7.89. The minimum absolute atomic E-state index is 0.0894. The lowest BCUT2D eigenvalue weighted by atomic mass is 10.1. The molecule has 0 aliphatic heterocycles. The van der Waals surface area contributed by atoms with E-state index >= 15 is 0 Å². The fourth-order valence-electron chi connectivity index (χ4n) is 3.26. The number of nitrogens with two attached hydrogens (primary N) is 1. The van der Waals surface area contributed by atoms with Gasteiger partial charge in [0.15, 0.2) is 0 Å². The largest absolute Gasteiger partial charge is 0.497 e. The Hall–Kier alpha value is -1.89. The predicted octanol–water partition coefficient (Wildman–Crippen LogP) is 1.37. The van der Waals surface area contributed by atoms with Gasteiger partial charge in [0.05, 0.1) is 18.9 Å². The fourth-order valence-corrected chi connectivity index (χ4v) is 3.26. The van der Waals surface area contributed by atoms with Crippen LogP contribution in [0.15, 0.2) is 30.3 Å². The molecule has 1 fully saturated rings. The van der Waals surface area contributed by atoms with Gasteiger partial charge >= 0.3 is 0 Å². The average molecular weight is 316 g/mol. The standard InChI is InChI=1S/C17H24N4O2/c1-21(16-7-12(18)8-17(16)22)10-13-9-15(20-19-13)11-4-3-5-14(6-11)23-2/h3-6,9,12,16-17,22H,7-8,10,18H2,1-2H3,(H,19,20)/t12-,16-,17-/m0/s1. The molecule has 124 valence electrons. The van der Waals surface area contributed by atoms with Crippen molar-refractivity contribution in [2.75, 3.05) is 14.2 Å². The van der Waals surface area contributed by atoms with Crippen molar-refractivity contribution in [2.24, 2.45) is 5.73 Å². The van der Waals surface area contributed by atoms with Crippen molar-refractivity contribution in [1.29, 1.82) is 0 Å². The molecule has 1 aliphatic rings. The number of aromatic nitrogens is 2. The summed E-state index contributed by atoms with van der Waals surface area (Å²) < 4.78 is 5.25. The number of likely N-dealkylation sites (N-methyl/N-ethyl adjacent to an activating group) is 1. The number of hydrogen-bond donors (Lipinski definition) is 3. The highest BCUT2D eigenvalue weighted by Crippen LogP contribution is 2.25. The van der Waals surface area contributed by atoms with Crippen molar-refractivity contribution < 1.29 is 9.84 Å². The van der Waals surface area contributed by atoms with Crippen molar-refractivity contribution in [3.63, 3.8) is 0 Å². The van der Waals surface area contributed by atoms with Crippen LogP contribution in [0, 0.1) is 0 Å². The zero-order chi connectivity index (χ0) is 16.4. The SMILES string of the molecule is COc1cccc(-c2cc(CN(C)[C@H]3C[C@H](N)C[C@@H]3O)[nH]n2)c1. The highest BCUT2D eigenvalue weighted by atomic mass is 16.5. The van der Waals surface area contributed by atoms with Crippen molar-refractivity contribution >= 4 is 0 Å². The van der Waals surface area contributed by atoms with Crippen LogP contribution in [-0.2, 0) is 6.54 Å². The van der Waals surface area contributed by atoms with E-state index in [2.05, 4.69) is 15.1 Å². The van der Waals surface area contributed by atoms with Crippen LogP contribution in [0.4, 0.5) is 0 Å². The summed E-state index contributed by atoms with van der Waals surface area (Å²) in [4.78, 5) is 2.14. The predicted molar refractivity (Wildman–Crippen MR) is 89.0 cm³/mol. The van der Waals surface area contributed by atoms with Crippen LogP contribution in [-0.4, -0.2) is 52.5 Å². The summed E-state index contributed by atoms with van der Waals surface area (Å²) in [5, 5.41) is 17.5. The van der Waals surface area contributed by atoms with Crippen molar-refractivity contribution in [3.05, 3.63) is 36.0 Å². The van der Waals surface area contributed by atoms with Gasteiger partial charge in [-0.05, 0) is 38.1 Å². The number of methoxy groups -OCH3 is 1. The van der Waals surface area contributed by atoms with Gasteiger partial charge in [-0.1, -0.05) is 12.1 Å². The zero-order valence-electron chi connectivity index (χ0n) is 13.6. The van der Waals surface area contributed by atoms with Crippen LogP contribution in [0.3, 0.4) is 0 Å². The minimum atomic E-state index is -0.351. The quantitative estimate of drug-likeness (QED) is 0.775. The summed E-state index contributed by atoms with van der Waals surface area (Å²) in [6.45, 7) is 0.700. The summed E-state index contributed by atoms with van der Waals surface area (Å²) in [6.07, 6.45) is 1.15. The molecular formula is C17H24N4O2. The van der Waals surface area contributed by atoms with Gasteiger partial charge in [-0.3, -0.25) is 10.00 Å². The number of hydrogen-bond acceptors (Lipinski definition) is 5. The van der Waals surface area contributed by atoms with Gasteiger partial charge < -0.3 is 15.6 Å². The normalized spacial score (nSPS) is 24.3. The molecule has 6 nitrogen and oxygen atoms in total. The highest BCUT2D eigenvalue weighted by Gasteiger charge is 2.33. The van der Waals surface area contributed by atoms with Crippen molar-refractivity contribution in [3.8, 4) is 17.0 Å². The molecule has 4 N–H and O–H groups in total. The van der Waals surface area contributed by atoms with Gasteiger partial charge in [-0.2, -0.15) is 5.10 Å². The lowest BCUT2D eigenvalue weighted by Crippen LogP contribution is -2.37. The van der Waals surface area contributed by atoms with Gasteiger partial charge in [-0.25, -0.2) is 0 Å². The Morgan fingerprint density at radius 3 is 2.91 bits per heavy atom. The zero-order valence-corrected chi connectivity index (χ0v) is 13.6. The number of benzene rings is 1. The Labute approximate surface area is 136 Å². The summed E-state index contributed by atoms with van der Waals surface area (Å²) in [6, 6.07) is 10.1. The molecule has 2 aromatic rings. The number of nitrogens with one attached hydrogen (secondary N) is 1. The molecule has 0 unspecified atom stereocenters. The van der Waals surface area contributed by atoms with Gasteiger partial charge in [-0.15, -0.1) is 0 Å². The number of aliphatic hydroxyl groups is 1. The van der Waals surface area contributed by atoms with E-state index < -0.39 is 0 Å². The first kappa shape index (κ1) is 16.0. The number of H-pyrrole nitrogens is 1. The molecule has 6 heteroatoms. The maximum Gasteiger partial charge on any atom is 0.119 e. The monoisotopic (exact) mass is 316 g/mol. The van der Waals surface area contributed by atoms with Crippen LogP contribution in [0.5, 0.6) is 5.75 Å². The van der Waals surface area contributed by atoms with E-state index in [0.29, 0.717) is 13.0 Å². The molecule has 0 bridgehead atoms. The molecule has 1 saturated carbocycles. The Morgan fingerprint density at radius 1 is 1.39 bits per heavy atom. The molecule has 1 aromatic carbocycles. The molecule has 23 heavy (non-hydrogen) atoms. The Balaban J connectivity index is 1.69. The first-order chi connectivity index (χ1) is 11.1. The molecule has 1 aromatic heterocycles. The second kappa shape index (κ2) is 6.70. The first-order valence-corrected chi connectivity index (χ1v) is 7.89. The third-order valence-electron chi connectivity index (χ3n) is 4.51. The van der Waals surface area contributed by atoms with E-state index in [4.69, 9.17) is 10.5 Å². The Morgan fingerprint density at radius 2 is 2.22 bits per heavy atom. The number of nitrogens with zero attached hydrogens (tertiary/aromatic N) is 2. The summed E-state index contributed by atoms with van der Waals surface area (Å²) in [5.41, 5.74) is 8.84. The van der Waals surface area contributed by atoms with E-state index in [-0.39, 0.29) is 18.2 Å². The van der Waals surface area contributed by atoms with Crippen molar-refractivity contribution in [2.45, 2.75) is 37.6 Å². The van der Waals surface area contributed by atoms with E-state index in [9.17, 15) is 5.11 Å². The number of rotatable bonds is 5. The minimum Gasteiger partial charge on any atom is -0.497 e. The maximum absolute atomic E-state index is 10.1. The number of ether oxygens (including phenoxy) is 1. The van der Waals surface area contributed by atoms with Gasteiger partial charge in [0.2, 0.25) is 0 Å². The van der Waals surface area contributed by atoms with Crippen LogP contribution >= 0.6 is 0 Å². The van der Waals surface area contributed by atoms with Gasteiger partial charge in [0.25, 0.3) is 0 Å². The topological polar surface area (TPSA) is 87.4 Å². The molecule has 0 radical (unpaired) electrons.